The minimum atomic E-state index is 0.708. The zero-order chi connectivity index (χ0) is 21.6. The zero-order valence-corrected chi connectivity index (χ0v) is 17.7. The normalized spacial score (nSPS) is 13.6. The smallest absolute Gasteiger partial charge is 0.212 e. The molecule has 0 saturated carbocycles. The van der Waals surface area contributed by atoms with E-state index in [1.54, 1.807) is 0 Å². The van der Waals surface area contributed by atoms with Crippen molar-refractivity contribution in [2.45, 2.75) is 0 Å². The van der Waals surface area contributed by atoms with E-state index in [1.165, 1.54) is 21.5 Å². The first-order valence-electron chi connectivity index (χ1n) is 10.8. The Morgan fingerprint density at radius 2 is 1.31 bits per heavy atom. The van der Waals surface area contributed by atoms with E-state index < -0.39 is 0 Å². The molecule has 1 aliphatic heterocycles. The van der Waals surface area contributed by atoms with Gasteiger partial charge in [0.1, 0.15) is 0 Å². The van der Waals surface area contributed by atoms with E-state index in [2.05, 4.69) is 118 Å². The third-order valence-corrected chi connectivity index (χ3v) is 5.48. The summed E-state index contributed by atoms with van der Waals surface area (Å²) in [6.07, 6.45) is 8.29. The monoisotopic (exact) mass is 416 g/mol. The van der Waals surface area contributed by atoms with Crippen LogP contribution in [0.15, 0.2) is 107 Å². The Hall–Kier alpha value is -4.18. The predicted octanol–water partition coefficient (Wildman–Crippen LogP) is 5.62. The first-order chi connectivity index (χ1) is 15.9. The fraction of sp³-hybridized carbons (Fsp3) is 0.0714. The fourth-order valence-corrected chi connectivity index (χ4v) is 3.86. The number of guanidine groups is 1. The van der Waals surface area contributed by atoms with Crippen LogP contribution in [0.2, 0.25) is 0 Å². The van der Waals surface area contributed by atoms with Crippen LogP contribution in [0.5, 0.6) is 0 Å². The maximum atomic E-state index is 4.60. The highest BCUT2D eigenvalue weighted by atomic mass is 15.4. The Morgan fingerprint density at radius 1 is 0.750 bits per heavy atom. The molecule has 4 aromatic rings. The van der Waals surface area contributed by atoms with Crippen LogP contribution in [0.25, 0.3) is 33.7 Å². The second-order valence-electron chi connectivity index (χ2n) is 7.61. The average Bonchev–Trinajstić information content (AvgIpc) is 3.37. The molecular formula is C28H24N4. The molecular weight excluding hydrogens is 392 g/mol. The van der Waals surface area contributed by atoms with Crippen molar-refractivity contribution in [1.29, 1.82) is 0 Å². The average molecular weight is 417 g/mol. The minimum absolute atomic E-state index is 0.708. The van der Waals surface area contributed by atoms with Crippen LogP contribution in [-0.2, 0) is 0 Å². The van der Waals surface area contributed by atoms with Crippen molar-refractivity contribution < 1.29 is 0 Å². The summed E-state index contributed by atoms with van der Waals surface area (Å²) in [4.78, 5) is 4.37. The van der Waals surface area contributed by atoms with Crippen LogP contribution in [-0.4, -0.2) is 24.8 Å². The number of hydrogen-bond donors (Lipinski definition) is 2. The van der Waals surface area contributed by atoms with Gasteiger partial charge in [-0.15, -0.1) is 0 Å². The Labute approximate surface area is 187 Å². The molecule has 4 heteroatoms. The van der Waals surface area contributed by atoms with E-state index >= 15 is 0 Å². The van der Waals surface area contributed by atoms with E-state index in [9.17, 15) is 0 Å². The summed E-state index contributed by atoms with van der Waals surface area (Å²) in [5, 5.41) is 12.7. The number of fused-ring (bicyclic) bond motifs is 2. The van der Waals surface area contributed by atoms with Gasteiger partial charge in [-0.2, -0.15) is 5.10 Å². The van der Waals surface area contributed by atoms with Crippen LogP contribution in [0.1, 0.15) is 11.1 Å². The van der Waals surface area contributed by atoms with Crippen molar-refractivity contribution in [3.05, 3.63) is 108 Å². The molecule has 1 aliphatic rings. The van der Waals surface area contributed by atoms with Crippen molar-refractivity contribution in [3.8, 4) is 0 Å². The van der Waals surface area contributed by atoms with Gasteiger partial charge in [0.25, 0.3) is 0 Å². The van der Waals surface area contributed by atoms with Crippen molar-refractivity contribution in [3.63, 3.8) is 0 Å². The number of hydrogen-bond acceptors (Lipinski definition) is 4. The lowest BCUT2D eigenvalue weighted by Gasteiger charge is -2.04. The van der Waals surface area contributed by atoms with E-state index in [1.807, 2.05) is 12.2 Å². The number of allylic oxidation sites excluding steroid dienone is 2. The van der Waals surface area contributed by atoms with Gasteiger partial charge in [-0.1, -0.05) is 97.1 Å². The van der Waals surface area contributed by atoms with Gasteiger partial charge in [0.15, 0.2) is 0 Å². The van der Waals surface area contributed by atoms with E-state index in [-0.39, 0.29) is 0 Å². The summed E-state index contributed by atoms with van der Waals surface area (Å²) in [5.74, 6) is 0.708. The lowest BCUT2D eigenvalue weighted by Crippen LogP contribution is -2.30. The number of rotatable bonds is 5. The number of aliphatic imine (C=N–C) groups is 1. The topological polar surface area (TPSA) is 48.8 Å². The largest absolute Gasteiger partial charge is 0.353 e. The SMILES string of the molecule is C(=C\c1cccc2ccccc12)/C(/C=C/c1cccc2ccccc12)=NNC1=NCCN1. The third-order valence-electron chi connectivity index (χ3n) is 5.48. The maximum absolute atomic E-state index is 4.60. The van der Waals surface area contributed by atoms with Crippen LogP contribution >= 0.6 is 0 Å². The molecule has 0 saturated heterocycles. The molecule has 0 aromatic heterocycles. The number of hydrazone groups is 1. The molecule has 0 amide bonds. The summed E-state index contributed by atoms with van der Waals surface area (Å²) in [7, 11) is 0. The number of benzene rings is 4. The zero-order valence-electron chi connectivity index (χ0n) is 17.7. The van der Waals surface area contributed by atoms with Crippen molar-refractivity contribution in [2.75, 3.05) is 13.1 Å². The number of nitrogens with zero attached hydrogens (tertiary/aromatic N) is 2. The molecule has 0 bridgehead atoms. The van der Waals surface area contributed by atoms with E-state index in [4.69, 9.17) is 0 Å². The molecule has 0 unspecified atom stereocenters. The van der Waals surface area contributed by atoms with Gasteiger partial charge in [0, 0.05) is 6.54 Å². The molecule has 32 heavy (non-hydrogen) atoms. The molecule has 4 aromatic carbocycles. The molecule has 0 fully saturated rings. The molecule has 5 rings (SSSR count). The van der Waals surface area contributed by atoms with E-state index in [0.29, 0.717) is 5.96 Å². The summed E-state index contributed by atoms with van der Waals surface area (Å²) >= 11 is 0. The van der Waals surface area contributed by atoms with Gasteiger partial charge < -0.3 is 5.32 Å². The standard InChI is InChI=1S/C28H24N4/c1-3-13-26-21(7-1)9-5-11-23(26)15-17-25(31-32-28-29-19-20-30-28)18-16-24-12-6-10-22-8-2-4-14-27(22)24/h1-18H,19-20H2,(H2,29,30,32)/b17-15+,18-16+. The molecule has 4 nitrogen and oxygen atoms in total. The first kappa shape index (κ1) is 19.8. The third kappa shape index (κ3) is 4.44. The summed E-state index contributed by atoms with van der Waals surface area (Å²) in [5.41, 5.74) is 6.18. The second kappa shape index (κ2) is 9.31. The summed E-state index contributed by atoms with van der Waals surface area (Å²) in [6, 6.07) is 29.5. The van der Waals surface area contributed by atoms with Gasteiger partial charge in [-0.05, 0) is 44.8 Å². The van der Waals surface area contributed by atoms with Crippen LogP contribution in [0.3, 0.4) is 0 Å². The molecule has 0 atom stereocenters. The lowest BCUT2D eigenvalue weighted by molar-refractivity contribution is 0.918. The van der Waals surface area contributed by atoms with Gasteiger partial charge >= 0.3 is 0 Å². The van der Waals surface area contributed by atoms with Gasteiger partial charge in [0.2, 0.25) is 5.96 Å². The predicted molar refractivity (Wildman–Crippen MR) is 137 cm³/mol. The number of nitrogens with one attached hydrogen (secondary N) is 2. The Morgan fingerprint density at radius 3 is 1.88 bits per heavy atom. The Balaban J connectivity index is 1.48. The van der Waals surface area contributed by atoms with E-state index in [0.717, 1.165) is 29.9 Å². The van der Waals surface area contributed by atoms with Crippen LogP contribution in [0, 0.1) is 0 Å². The lowest BCUT2D eigenvalue weighted by atomic mass is 10.0. The molecule has 1 heterocycles. The highest BCUT2D eigenvalue weighted by molar-refractivity contribution is 6.10. The fourth-order valence-electron chi connectivity index (χ4n) is 3.86. The van der Waals surface area contributed by atoms with Crippen LogP contribution in [0.4, 0.5) is 0 Å². The van der Waals surface area contributed by atoms with Crippen molar-refractivity contribution in [2.24, 2.45) is 10.1 Å². The second-order valence-corrected chi connectivity index (χ2v) is 7.61. The summed E-state index contributed by atoms with van der Waals surface area (Å²) in [6.45, 7) is 1.61. The highest BCUT2D eigenvalue weighted by Crippen LogP contribution is 2.21. The minimum Gasteiger partial charge on any atom is -0.353 e. The van der Waals surface area contributed by atoms with Crippen LogP contribution < -0.4 is 10.7 Å². The Bertz CT molecular complexity index is 1280. The van der Waals surface area contributed by atoms with Gasteiger partial charge in [0.05, 0.1) is 12.3 Å². The van der Waals surface area contributed by atoms with Gasteiger partial charge in [-0.3, -0.25) is 0 Å². The highest BCUT2D eigenvalue weighted by Gasteiger charge is 2.03. The summed E-state index contributed by atoms with van der Waals surface area (Å²) < 4.78 is 0. The molecule has 0 aliphatic carbocycles. The quantitative estimate of drug-likeness (QED) is 0.327. The van der Waals surface area contributed by atoms with Crippen molar-refractivity contribution in [1.82, 2.24) is 10.7 Å². The molecule has 0 radical (unpaired) electrons. The maximum Gasteiger partial charge on any atom is 0.212 e. The molecule has 156 valence electrons. The Kier molecular flexibility index (Phi) is 5.75. The van der Waals surface area contributed by atoms with Crippen molar-refractivity contribution >= 4 is 45.4 Å². The first-order valence-corrected chi connectivity index (χ1v) is 10.8. The molecule has 0 spiro atoms. The van der Waals surface area contributed by atoms with Gasteiger partial charge in [-0.25, -0.2) is 10.4 Å². The molecule has 2 N–H and O–H groups in total.